The first kappa shape index (κ1) is 19.2. The zero-order chi connectivity index (χ0) is 18.2. The Bertz CT molecular complexity index is 775. The molecule has 0 aliphatic rings. The highest BCUT2D eigenvalue weighted by atomic mass is 32.2. The molecule has 5 nitrogen and oxygen atoms in total. The highest BCUT2D eigenvalue weighted by Crippen LogP contribution is 2.23. The van der Waals surface area contributed by atoms with Crippen LogP contribution in [0.5, 0.6) is 0 Å². The third kappa shape index (κ3) is 6.03. The van der Waals surface area contributed by atoms with Crippen LogP contribution in [0.1, 0.15) is 12.8 Å². The predicted octanol–water partition coefficient (Wildman–Crippen LogP) is 2.99. The Balaban J connectivity index is 1.84. The second-order valence-electron chi connectivity index (χ2n) is 5.56. The molecule has 0 aliphatic carbocycles. The van der Waals surface area contributed by atoms with Crippen LogP contribution in [0.4, 0.5) is 5.69 Å². The second-order valence-corrected chi connectivity index (χ2v) is 7.39. The molecule has 3 N–H and O–H groups in total. The Kier molecular flexibility index (Phi) is 7.21. The summed E-state index contributed by atoms with van der Waals surface area (Å²) >= 11 is 6.12. The molecule has 0 fully saturated rings. The minimum atomic E-state index is -0.171. The number of nitrogens with zero attached hydrogens (tertiary/aromatic N) is 1. The maximum Gasteiger partial charge on any atom is 0.224 e. The van der Waals surface area contributed by atoms with Crippen LogP contribution in [-0.2, 0) is 9.59 Å². The van der Waals surface area contributed by atoms with E-state index in [1.54, 1.807) is 11.9 Å². The van der Waals surface area contributed by atoms with E-state index in [0.717, 1.165) is 16.5 Å². The highest BCUT2D eigenvalue weighted by molar-refractivity contribution is 8.22. The standard InChI is InChI=1S/C18H21N3O2S2/c1-21(11-12-25-18(19)24)17(23)10-9-16(22)20-15-8-4-6-13-5-2-3-7-14(13)15/h2-8H,9-12H2,1H3,(H2,19,24)(H,20,22). The largest absolute Gasteiger partial charge is 0.385 e. The second kappa shape index (κ2) is 9.39. The first-order valence-corrected chi connectivity index (χ1v) is 9.30. The third-order valence-corrected chi connectivity index (χ3v) is 4.75. The Morgan fingerprint density at radius 1 is 1.16 bits per heavy atom. The Morgan fingerprint density at radius 2 is 1.88 bits per heavy atom. The molecule has 2 amide bonds. The van der Waals surface area contributed by atoms with Crippen molar-refractivity contribution in [3.63, 3.8) is 0 Å². The molecular formula is C18H21N3O2S2. The van der Waals surface area contributed by atoms with Gasteiger partial charge in [-0.15, -0.1) is 0 Å². The van der Waals surface area contributed by atoms with Crippen molar-refractivity contribution < 1.29 is 9.59 Å². The van der Waals surface area contributed by atoms with Crippen LogP contribution in [0, 0.1) is 0 Å². The number of thiocarbonyl (C=S) groups is 1. The summed E-state index contributed by atoms with van der Waals surface area (Å²) in [6.45, 7) is 0.547. The monoisotopic (exact) mass is 375 g/mol. The minimum Gasteiger partial charge on any atom is -0.385 e. The number of amides is 2. The van der Waals surface area contributed by atoms with E-state index in [9.17, 15) is 9.59 Å². The summed E-state index contributed by atoms with van der Waals surface area (Å²) in [5.74, 6) is 0.409. The Labute approximate surface area is 156 Å². The van der Waals surface area contributed by atoms with Gasteiger partial charge < -0.3 is 16.0 Å². The van der Waals surface area contributed by atoms with Crippen molar-refractivity contribution in [2.45, 2.75) is 12.8 Å². The lowest BCUT2D eigenvalue weighted by atomic mass is 10.1. The number of benzene rings is 2. The van der Waals surface area contributed by atoms with E-state index in [0.29, 0.717) is 16.6 Å². The van der Waals surface area contributed by atoms with Gasteiger partial charge in [0.1, 0.15) is 4.32 Å². The molecule has 7 heteroatoms. The van der Waals surface area contributed by atoms with Gasteiger partial charge in [0.25, 0.3) is 0 Å². The Hall–Kier alpha value is -2.12. The number of thioether (sulfide) groups is 1. The molecule has 0 aromatic heterocycles. The molecule has 132 valence electrons. The maximum absolute atomic E-state index is 12.2. The summed E-state index contributed by atoms with van der Waals surface area (Å²) < 4.78 is 0.371. The fourth-order valence-electron chi connectivity index (χ4n) is 2.37. The average molecular weight is 376 g/mol. The summed E-state index contributed by atoms with van der Waals surface area (Å²) in [5.41, 5.74) is 6.16. The smallest absolute Gasteiger partial charge is 0.224 e. The zero-order valence-electron chi connectivity index (χ0n) is 14.0. The molecule has 0 bridgehead atoms. The summed E-state index contributed by atoms with van der Waals surface area (Å²) in [6, 6.07) is 13.6. The van der Waals surface area contributed by atoms with E-state index in [1.165, 1.54) is 11.8 Å². The molecule has 0 radical (unpaired) electrons. The topological polar surface area (TPSA) is 75.4 Å². The van der Waals surface area contributed by atoms with Crippen molar-refractivity contribution in [1.82, 2.24) is 4.90 Å². The molecule has 25 heavy (non-hydrogen) atoms. The third-order valence-electron chi connectivity index (χ3n) is 3.73. The van der Waals surface area contributed by atoms with E-state index in [-0.39, 0.29) is 24.7 Å². The van der Waals surface area contributed by atoms with Crippen LogP contribution in [-0.4, -0.2) is 40.4 Å². The molecule has 0 saturated carbocycles. The number of nitrogens with one attached hydrogen (secondary N) is 1. The van der Waals surface area contributed by atoms with Gasteiger partial charge in [-0.2, -0.15) is 0 Å². The van der Waals surface area contributed by atoms with Gasteiger partial charge in [0, 0.05) is 43.3 Å². The van der Waals surface area contributed by atoms with Gasteiger partial charge >= 0.3 is 0 Å². The number of hydrogen-bond acceptors (Lipinski definition) is 4. The fraction of sp³-hybridized carbons (Fsp3) is 0.278. The van der Waals surface area contributed by atoms with E-state index in [1.807, 2.05) is 42.5 Å². The molecule has 0 atom stereocenters. The number of rotatable bonds is 7. The van der Waals surface area contributed by atoms with Gasteiger partial charge in [0.05, 0.1) is 0 Å². The highest BCUT2D eigenvalue weighted by Gasteiger charge is 2.12. The lowest BCUT2D eigenvalue weighted by Crippen LogP contribution is -2.30. The van der Waals surface area contributed by atoms with Crippen LogP contribution < -0.4 is 11.1 Å². The van der Waals surface area contributed by atoms with E-state index in [2.05, 4.69) is 5.32 Å². The minimum absolute atomic E-state index is 0.0726. The number of anilines is 1. The van der Waals surface area contributed by atoms with Gasteiger partial charge in [0.2, 0.25) is 11.8 Å². The van der Waals surface area contributed by atoms with E-state index in [4.69, 9.17) is 18.0 Å². The van der Waals surface area contributed by atoms with Crippen molar-refractivity contribution in [3.8, 4) is 0 Å². The van der Waals surface area contributed by atoms with Crippen LogP contribution in [0.2, 0.25) is 0 Å². The lowest BCUT2D eigenvalue weighted by molar-refractivity contribution is -0.131. The molecule has 2 aromatic rings. The molecule has 2 rings (SSSR count). The van der Waals surface area contributed by atoms with E-state index >= 15 is 0 Å². The van der Waals surface area contributed by atoms with Crippen LogP contribution in [0.15, 0.2) is 42.5 Å². The molecule has 0 heterocycles. The summed E-state index contributed by atoms with van der Waals surface area (Å²) in [7, 11) is 1.71. The summed E-state index contributed by atoms with van der Waals surface area (Å²) in [5, 5.41) is 4.93. The average Bonchev–Trinajstić information content (AvgIpc) is 2.59. The van der Waals surface area contributed by atoms with E-state index < -0.39 is 0 Å². The maximum atomic E-state index is 12.2. The molecule has 0 unspecified atom stereocenters. The molecular weight excluding hydrogens is 354 g/mol. The van der Waals surface area contributed by atoms with Crippen molar-refractivity contribution in [1.29, 1.82) is 0 Å². The molecule has 0 saturated heterocycles. The summed E-state index contributed by atoms with van der Waals surface area (Å²) in [6.07, 6.45) is 0.319. The number of carbonyl (C=O) groups excluding carboxylic acids is 2. The van der Waals surface area contributed by atoms with Crippen LogP contribution in [0.3, 0.4) is 0 Å². The Morgan fingerprint density at radius 3 is 2.64 bits per heavy atom. The van der Waals surface area contributed by atoms with Crippen molar-refractivity contribution in [3.05, 3.63) is 42.5 Å². The first-order chi connectivity index (χ1) is 12.0. The molecule has 2 aromatic carbocycles. The van der Waals surface area contributed by atoms with Crippen molar-refractivity contribution in [2.75, 3.05) is 24.7 Å². The molecule has 0 aliphatic heterocycles. The quantitative estimate of drug-likeness (QED) is 0.728. The normalized spacial score (nSPS) is 10.4. The van der Waals surface area contributed by atoms with Crippen LogP contribution >= 0.6 is 24.0 Å². The van der Waals surface area contributed by atoms with Crippen molar-refractivity contribution >= 4 is 56.6 Å². The van der Waals surface area contributed by atoms with Gasteiger partial charge in [-0.05, 0) is 11.5 Å². The summed E-state index contributed by atoms with van der Waals surface area (Å²) in [4.78, 5) is 25.8. The number of fused-ring (bicyclic) bond motifs is 1. The van der Waals surface area contributed by atoms with Gasteiger partial charge in [-0.1, -0.05) is 60.4 Å². The van der Waals surface area contributed by atoms with Gasteiger partial charge in [0.15, 0.2) is 0 Å². The SMILES string of the molecule is CN(CCSC(N)=S)C(=O)CCC(=O)Nc1cccc2ccccc12. The first-order valence-electron chi connectivity index (χ1n) is 7.91. The number of nitrogens with two attached hydrogens (primary N) is 1. The van der Waals surface area contributed by atoms with Crippen molar-refractivity contribution in [2.24, 2.45) is 5.73 Å². The lowest BCUT2D eigenvalue weighted by Gasteiger charge is -2.16. The van der Waals surface area contributed by atoms with Gasteiger partial charge in [-0.25, -0.2) is 0 Å². The number of hydrogen-bond donors (Lipinski definition) is 2. The number of carbonyl (C=O) groups is 2. The van der Waals surface area contributed by atoms with Gasteiger partial charge in [-0.3, -0.25) is 9.59 Å². The van der Waals surface area contributed by atoms with Crippen LogP contribution in [0.25, 0.3) is 10.8 Å². The fourth-order valence-corrected chi connectivity index (χ4v) is 3.18. The predicted molar refractivity (Wildman–Crippen MR) is 109 cm³/mol. The zero-order valence-corrected chi connectivity index (χ0v) is 15.7. The molecule has 0 spiro atoms.